The fraction of sp³-hybridized carbons (Fsp3) is 1.00. The van der Waals surface area contributed by atoms with Crippen LogP contribution in [0.5, 0.6) is 0 Å². The molecule has 4 atom stereocenters. The fourth-order valence-electron chi connectivity index (χ4n) is 2.42. The molecular formula is C11H20OS. The van der Waals surface area contributed by atoms with E-state index in [0.717, 1.165) is 23.0 Å². The summed E-state index contributed by atoms with van der Waals surface area (Å²) in [5.74, 6) is 0.968. The maximum Gasteiger partial charge on any atom is 0.0666 e. The molecule has 1 aliphatic heterocycles. The van der Waals surface area contributed by atoms with Crippen LogP contribution in [-0.2, 0) is 4.74 Å². The topological polar surface area (TPSA) is 9.23 Å². The van der Waals surface area contributed by atoms with Gasteiger partial charge in [0.05, 0.1) is 6.10 Å². The number of hydrogen-bond donors (Lipinski definition) is 0. The van der Waals surface area contributed by atoms with Gasteiger partial charge in [-0.2, -0.15) is 11.8 Å². The van der Waals surface area contributed by atoms with E-state index in [1.165, 1.54) is 25.7 Å². The average molecular weight is 200 g/mol. The molecule has 0 aromatic rings. The zero-order chi connectivity index (χ0) is 9.26. The molecule has 2 rings (SSSR count). The van der Waals surface area contributed by atoms with E-state index in [0.29, 0.717) is 6.10 Å². The molecule has 0 spiro atoms. The molecule has 0 radical (unpaired) electrons. The smallest absolute Gasteiger partial charge is 0.0666 e. The first-order valence-electron chi connectivity index (χ1n) is 5.53. The van der Waals surface area contributed by atoms with Crippen molar-refractivity contribution >= 4 is 11.8 Å². The highest BCUT2D eigenvalue weighted by Crippen LogP contribution is 2.39. The van der Waals surface area contributed by atoms with E-state index in [4.69, 9.17) is 4.74 Å². The third-order valence-electron chi connectivity index (χ3n) is 3.32. The van der Waals surface area contributed by atoms with E-state index >= 15 is 0 Å². The second kappa shape index (κ2) is 4.22. The van der Waals surface area contributed by atoms with Crippen LogP contribution in [0.25, 0.3) is 0 Å². The van der Waals surface area contributed by atoms with Crippen LogP contribution in [0.1, 0.15) is 39.5 Å². The molecule has 0 N–H and O–H groups in total. The minimum Gasteiger partial charge on any atom is -0.377 e. The first-order valence-corrected chi connectivity index (χ1v) is 6.47. The normalized spacial score (nSPS) is 45.7. The Morgan fingerprint density at radius 2 is 2.00 bits per heavy atom. The zero-order valence-corrected chi connectivity index (χ0v) is 9.48. The van der Waals surface area contributed by atoms with Crippen LogP contribution < -0.4 is 0 Å². The van der Waals surface area contributed by atoms with E-state index in [2.05, 4.69) is 25.6 Å². The van der Waals surface area contributed by atoms with Gasteiger partial charge in [0, 0.05) is 17.1 Å². The maximum atomic E-state index is 5.58. The Kier molecular flexibility index (Phi) is 3.20. The highest BCUT2D eigenvalue weighted by atomic mass is 32.2. The molecule has 1 aliphatic carbocycles. The summed E-state index contributed by atoms with van der Waals surface area (Å²) in [6.07, 6.45) is 6.10. The lowest BCUT2D eigenvalue weighted by molar-refractivity contribution is 0.127. The summed E-state index contributed by atoms with van der Waals surface area (Å²) >= 11 is 2.20. The largest absolute Gasteiger partial charge is 0.377 e. The Balaban J connectivity index is 1.77. The highest BCUT2D eigenvalue weighted by molar-refractivity contribution is 8.00. The predicted molar refractivity (Wildman–Crippen MR) is 58.2 cm³/mol. The van der Waals surface area contributed by atoms with Gasteiger partial charge in [-0.25, -0.2) is 0 Å². The molecule has 0 amide bonds. The summed E-state index contributed by atoms with van der Waals surface area (Å²) in [7, 11) is 0. The molecule has 4 unspecified atom stereocenters. The number of ether oxygens (including phenoxy) is 1. The highest BCUT2D eigenvalue weighted by Gasteiger charge is 2.30. The summed E-state index contributed by atoms with van der Waals surface area (Å²) in [5.41, 5.74) is 0. The van der Waals surface area contributed by atoms with Gasteiger partial charge in [0.1, 0.15) is 0 Å². The van der Waals surface area contributed by atoms with Gasteiger partial charge < -0.3 is 4.74 Å². The van der Waals surface area contributed by atoms with Crippen LogP contribution in [0.4, 0.5) is 0 Å². The van der Waals surface area contributed by atoms with Crippen LogP contribution in [0.2, 0.25) is 0 Å². The maximum absolute atomic E-state index is 5.58. The van der Waals surface area contributed by atoms with E-state index in [1.54, 1.807) is 0 Å². The summed E-state index contributed by atoms with van der Waals surface area (Å²) < 4.78 is 5.58. The molecule has 2 fully saturated rings. The zero-order valence-electron chi connectivity index (χ0n) is 8.66. The predicted octanol–water partition coefficient (Wildman–Crippen LogP) is 3.09. The van der Waals surface area contributed by atoms with Crippen molar-refractivity contribution < 1.29 is 4.74 Å². The van der Waals surface area contributed by atoms with E-state index < -0.39 is 0 Å². The molecule has 1 nitrogen and oxygen atoms in total. The number of rotatable bonds is 2. The van der Waals surface area contributed by atoms with Gasteiger partial charge in [0.15, 0.2) is 0 Å². The molecule has 0 aromatic carbocycles. The Morgan fingerprint density at radius 3 is 2.54 bits per heavy atom. The lowest BCUT2D eigenvalue weighted by atomic mass is 10.1. The number of thioether (sulfide) groups is 1. The summed E-state index contributed by atoms with van der Waals surface area (Å²) in [6.45, 7) is 5.60. The van der Waals surface area contributed by atoms with Crippen LogP contribution in [0, 0.1) is 5.92 Å². The fourth-order valence-corrected chi connectivity index (χ4v) is 4.15. The molecule has 0 aromatic heterocycles. The quantitative estimate of drug-likeness (QED) is 0.677. The van der Waals surface area contributed by atoms with Crippen LogP contribution >= 0.6 is 11.8 Å². The molecule has 1 saturated carbocycles. The SMILES string of the molecule is CC1CCC(SC2CCOC2C)C1. The third kappa shape index (κ3) is 2.41. The van der Waals surface area contributed by atoms with Crippen LogP contribution in [-0.4, -0.2) is 23.2 Å². The molecule has 0 bridgehead atoms. The Labute approximate surface area is 85.6 Å². The van der Waals surface area contributed by atoms with Gasteiger partial charge >= 0.3 is 0 Å². The second-order valence-corrected chi connectivity index (χ2v) is 6.12. The molecule has 13 heavy (non-hydrogen) atoms. The molecule has 2 heteroatoms. The van der Waals surface area contributed by atoms with E-state index in [-0.39, 0.29) is 0 Å². The van der Waals surface area contributed by atoms with Gasteiger partial charge in [-0.15, -0.1) is 0 Å². The molecular weight excluding hydrogens is 180 g/mol. The minimum atomic E-state index is 0.501. The van der Waals surface area contributed by atoms with Gasteiger partial charge in [-0.1, -0.05) is 6.92 Å². The van der Waals surface area contributed by atoms with Gasteiger partial charge in [0.25, 0.3) is 0 Å². The van der Waals surface area contributed by atoms with E-state index in [1.807, 2.05) is 0 Å². The lowest BCUT2D eigenvalue weighted by Gasteiger charge is -2.18. The number of hydrogen-bond acceptors (Lipinski definition) is 2. The van der Waals surface area contributed by atoms with Crippen LogP contribution in [0.3, 0.4) is 0 Å². The Morgan fingerprint density at radius 1 is 1.15 bits per heavy atom. The standard InChI is InChI=1S/C11H20OS/c1-8-3-4-10(7-8)13-11-5-6-12-9(11)2/h8-11H,3-7H2,1-2H3. The van der Waals surface area contributed by atoms with Crippen molar-refractivity contribution in [3.63, 3.8) is 0 Å². The summed E-state index contributed by atoms with van der Waals surface area (Å²) in [5, 5.41) is 1.72. The first kappa shape index (κ1) is 9.85. The molecule has 76 valence electrons. The van der Waals surface area contributed by atoms with Gasteiger partial charge in [0.2, 0.25) is 0 Å². The van der Waals surface area contributed by atoms with Crippen molar-refractivity contribution in [2.75, 3.05) is 6.61 Å². The van der Waals surface area contributed by atoms with Gasteiger partial charge in [-0.05, 0) is 38.5 Å². The second-order valence-electron chi connectivity index (χ2n) is 4.58. The van der Waals surface area contributed by atoms with Crippen molar-refractivity contribution in [2.45, 2.75) is 56.1 Å². The molecule has 2 aliphatic rings. The molecule has 1 saturated heterocycles. The Hall–Kier alpha value is 0.310. The van der Waals surface area contributed by atoms with Crippen molar-refractivity contribution in [3.05, 3.63) is 0 Å². The Bertz CT molecular complexity index is 171. The van der Waals surface area contributed by atoms with Crippen molar-refractivity contribution in [2.24, 2.45) is 5.92 Å². The lowest BCUT2D eigenvalue weighted by Crippen LogP contribution is -2.16. The first-order chi connectivity index (χ1) is 6.25. The molecule has 1 heterocycles. The summed E-state index contributed by atoms with van der Waals surface area (Å²) in [4.78, 5) is 0. The van der Waals surface area contributed by atoms with E-state index in [9.17, 15) is 0 Å². The minimum absolute atomic E-state index is 0.501. The summed E-state index contributed by atoms with van der Waals surface area (Å²) in [6, 6.07) is 0. The van der Waals surface area contributed by atoms with Crippen LogP contribution in [0.15, 0.2) is 0 Å². The third-order valence-corrected chi connectivity index (χ3v) is 5.10. The van der Waals surface area contributed by atoms with Crippen molar-refractivity contribution in [3.8, 4) is 0 Å². The van der Waals surface area contributed by atoms with Crippen molar-refractivity contribution in [1.29, 1.82) is 0 Å². The van der Waals surface area contributed by atoms with Crippen molar-refractivity contribution in [1.82, 2.24) is 0 Å². The average Bonchev–Trinajstić information content (AvgIpc) is 2.64. The van der Waals surface area contributed by atoms with Gasteiger partial charge in [-0.3, -0.25) is 0 Å². The monoisotopic (exact) mass is 200 g/mol.